The molecule has 1 aromatic heterocycles. The van der Waals surface area contributed by atoms with Crippen molar-refractivity contribution < 1.29 is 9.18 Å². The highest BCUT2D eigenvalue weighted by Crippen LogP contribution is 2.25. The quantitative estimate of drug-likeness (QED) is 0.450. The van der Waals surface area contributed by atoms with Crippen LogP contribution in [0.5, 0.6) is 0 Å². The summed E-state index contributed by atoms with van der Waals surface area (Å²) in [6.07, 6.45) is 4.57. The fourth-order valence-electron chi connectivity index (χ4n) is 3.60. The number of hydrazine groups is 1. The maximum atomic E-state index is 13.3. The molecule has 3 N–H and O–H groups in total. The lowest BCUT2D eigenvalue weighted by atomic mass is 10.0. The standard InChI is InChI=1S/C22H21FN4OS/c23-15-11-9-14(10-12-15)20-13-18(17-7-3-4-8-19(17)25-20)21(28)26-27-22(29)24-16-5-1-2-6-16/h3-4,7-13,16H,1-2,5-6H2,(H,26,28)(H2,24,27,29). The minimum absolute atomic E-state index is 0.317. The summed E-state index contributed by atoms with van der Waals surface area (Å²) in [4.78, 5) is 17.5. The van der Waals surface area contributed by atoms with Crippen LogP contribution in [0.15, 0.2) is 54.6 Å². The van der Waals surface area contributed by atoms with Crippen molar-refractivity contribution in [2.75, 3.05) is 0 Å². The molecule has 7 heteroatoms. The van der Waals surface area contributed by atoms with Crippen LogP contribution in [0.1, 0.15) is 36.0 Å². The molecule has 29 heavy (non-hydrogen) atoms. The molecule has 1 aliphatic carbocycles. The number of halogens is 1. The summed E-state index contributed by atoms with van der Waals surface area (Å²) in [7, 11) is 0. The summed E-state index contributed by atoms with van der Waals surface area (Å²) in [6.45, 7) is 0. The summed E-state index contributed by atoms with van der Waals surface area (Å²) in [5.74, 6) is -0.637. The van der Waals surface area contributed by atoms with E-state index in [0.717, 1.165) is 23.8 Å². The van der Waals surface area contributed by atoms with Gasteiger partial charge in [-0.15, -0.1) is 0 Å². The third-order valence-electron chi connectivity index (χ3n) is 5.08. The average Bonchev–Trinajstić information content (AvgIpc) is 3.24. The largest absolute Gasteiger partial charge is 0.359 e. The molecule has 1 saturated carbocycles. The van der Waals surface area contributed by atoms with Crippen LogP contribution in [0, 0.1) is 5.82 Å². The Hall–Kier alpha value is -3.06. The Balaban J connectivity index is 1.57. The first-order valence-electron chi connectivity index (χ1n) is 9.63. The normalized spacial score (nSPS) is 14.0. The number of fused-ring (bicyclic) bond motifs is 1. The van der Waals surface area contributed by atoms with E-state index in [-0.39, 0.29) is 11.7 Å². The van der Waals surface area contributed by atoms with Crippen LogP contribution >= 0.6 is 12.2 Å². The van der Waals surface area contributed by atoms with E-state index < -0.39 is 0 Å². The predicted molar refractivity (Wildman–Crippen MR) is 116 cm³/mol. The minimum atomic E-state index is -0.319. The first kappa shape index (κ1) is 19.3. The minimum Gasteiger partial charge on any atom is -0.359 e. The van der Waals surface area contributed by atoms with Gasteiger partial charge in [0.1, 0.15) is 5.82 Å². The van der Waals surface area contributed by atoms with Crippen molar-refractivity contribution in [1.82, 2.24) is 21.2 Å². The number of hydrogen-bond acceptors (Lipinski definition) is 3. The average molecular weight is 409 g/mol. The van der Waals surface area contributed by atoms with E-state index in [4.69, 9.17) is 12.2 Å². The van der Waals surface area contributed by atoms with E-state index in [1.54, 1.807) is 18.2 Å². The van der Waals surface area contributed by atoms with Gasteiger partial charge in [0.05, 0.1) is 16.8 Å². The molecule has 0 bridgehead atoms. The second-order valence-electron chi connectivity index (χ2n) is 7.11. The van der Waals surface area contributed by atoms with Gasteiger partial charge in [0, 0.05) is 17.0 Å². The lowest BCUT2D eigenvalue weighted by Gasteiger charge is -2.16. The topological polar surface area (TPSA) is 66.1 Å². The number of rotatable bonds is 3. The number of carbonyl (C=O) groups is 1. The van der Waals surface area contributed by atoms with Crippen LogP contribution in [0.2, 0.25) is 0 Å². The number of amides is 1. The summed E-state index contributed by atoms with van der Waals surface area (Å²) in [6, 6.07) is 15.5. The number of benzene rings is 2. The van der Waals surface area contributed by atoms with Crippen LogP contribution in [0.25, 0.3) is 22.2 Å². The molecule has 2 aromatic carbocycles. The van der Waals surface area contributed by atoms with Crippen molar-refractivity contribution in [3.8, 4) is 11.3 Å². The van der Waals surface area contributed by atoms with Gasteiger partial charge < -0.3 is 5.32 Å². The van der Waals surface area contributed by atoms with Crippen LogP contribution in [-0.4, -0.2) is 22.0 Å². The zero-order valence-electron chi connectivity index (χ0n) is 15.7. The van der Waals surface area contributed by atoms with Gasteiger partial charge in [-0.2, -0.15) is 0 Å². The van der Waals surface area contributed by atoms with Gasteiger partial charge >= 0.3 is 0 Å². The number of para-hydroxylation sites is 1. The van der Waals surface area contributed by atoms with Crippen LogP contribution in [-0.2, 0) is 0 Å². The summed E-state index contributed by atoms with van der Waals surface area (Å²) in [5, 5.41) is 4.36. The van der Waals surface area contributed by atoms with Crippen molar-refractivity contribution in [3.63, 3.8) is 0 Å². The van der Waals surface area contributed by atoms with Crippen molar-refractivity contribution in [2.45, 2.75) is 31.7 Å². The first-order chi connectivity index (χ1) is 14.1. The maximum absolute atomic E-state index is 13.3. The zero-order chi connectivity index (χ0) is 20.2. The van der Waals surface area contributed by atoms with E-state index >= 15 is 0 Å². The van der Waals surface area contributed by atoms with Gasteiger partial charge in [0.2, 0.25) is 0 Å². The highest BCUT2D eigenvalue weighted by atomic mass is 32.1. The number of nitrogens with zero attached hydrogens (tertiary/aromatic N) is 1. The Morgan fingerprint density at radius 1 is 1.03 bits per heavy atom. The molecule has 4 rings (SSSR count). The second kappa shape index (κ2) is 8.53. The van der Waals surface area contributed by atoms with Crippen molar-refractivity contribution in [3.05, 3.63) is 66.0 Å². The number of pyridine rings is 1. The summed E-state index contributed by atoms with van der Waals surface area (Å²) in [5.41, 5.74) is 7.94. The Morgan fingerprint density at radius 2 is 1.76 bits per heavy atom. The van der Waals surface area contributed by atoms with E-state index in [0.29, 0.717) is 27.9 Å². The Bertz CT molecular complexity index is 1050. The van der Waals surface area contributed by atoms with Gasteiger partial charge in [-0.1, -0.05) is 31.0 Å². The van der Waals surface area contributed by atoms with Gasteiger partial charge in [0.25, 0.3) is 5.91 Å². The van der Waals surface area contributed by atoms with Crippen LogP contribution in [0.3, 0.4) is 0 Å². The second-order valence-corrected chi connectivity index (χ2v) is 7.52. The lowest BCUT2D eigenvalue weighted by molar-refractivity contribution is 0.0945. The first-order valence-corrected chi connectivity index (χ1v) is 10.0. The fraction of sp³-hybridized carbons (Fsp3) is 0.227. The predicted octanol–water partition coefficient (Wildman–Crippen LogP) is 4.09. The molecule has 1 heterocycles. The highest BCUT2D eigenvalue weighted by molar-refractivity contribution is 7.80. The SMILES string of the molecule is O=C(NNC(=S)NC1CCCC1)c1cc(-c2ccc(F)cc2)nc2ccccc12. The molecular weight excluding hydrogens is 387 g/mol. The molecule has 5 nitrogen and oxygen atoms in total. The molecule has 3 aromatic rings. The number of carbonyl (C=O) groups excluding carboxylic acids is 1. The lowest BCUT2D eigenvalue weighted by Crippen LogP contribution is -2.49. The number of hydrogen-bond donors (Lipinski definition) is 3. The van der Waals surface area contributed by atoms with Gasteiger partial charge in [-0.05, 0) is 61.5 Å². The van der Waals surface area contributed by atoms with Gasteiger partial charge in [-0.3, -0.25) is 15.6 Å². The molecular formula is C22H21FN4OS. The molecule has 0 spiro atoms. The van der Waals surface area contributed by atoms with E-state index in [1.807, 2.05) is 24.3 Å². The van der Waals surface area contributed by atoms with Crippen molar-refractivity contribution in [1.29, 1.82) is 0 Å². The number of thiocarbonyl (C=S) groups is 1. The molecule has 148 valence electrons. The van der Waals surface area contributed by atoms with Crippen LogP contribution < -0.4 is 16.2 Å². The Labute approximate surface area is 173 Å². The van der Waals surface area contributed by atoms with Crippen LogP contribution in [0.4, 0.5) is 4.39 Å². The number of aromatic nitrogens is 1. The van der Waals surface area contributed by atoms with E-state index in [9.17, 15) is 9.18 Å². The molecule has 1 amide bonds. The molecule has 0 aliphatic heterocycles. The molecule has 0 unspecified atom stereocenters. The molecule has 1 fully saturated rings. The maximum Gasteiger partial charge on any atom is 0.270 e. The number of nitrogens with one attached hydrogen (secondary N) is 3. The highest BCUT2D eigenvalue weighted by Gasteiger charge is 2.17. The molecule has 0 radical (unpaired) electrons. The smallest absolute Gasteiger partial charge is 0.270 e. The Morgan fingerprint density at radius 3 is 2.52 bits per heavy atom. The molecule has 0 saturated heterocycles. The molecule has 1 aliphatic rings. The zero-order valence-corrected chi connectivity index (χ0v) is 16.6. The summed E-state index contributed by atoms with van der Waals surface area (Å²) < 4.78 is 13.3. The summed E-state index contributed by atoms with van der Waals surface area (Å²) >= 11 is 5.28. The van der Waals surface area contributed by atoms with Gasteiger partial charge in [-0.25, -0.2) is 9.37 Å². The third kappa shape index (κ3) is 4.51. The van der Waals surface area contributed by atoms with E-state index in [1.165, 1.54) is 25.0 Å². The Kier molecular flexibility index (Phi) is 5.67. The van der Waals surface area contributed by atoms with Gasteiger partial charge in [0.15, 0.2) is 5.11 Å². The third-order valence-corrected chi connectivity index (χ3v) is 5.30. The fourth-order valence-corrected chi connectivity index (χ4v) is 3.82. The molecule has 0 atom stereocenters. The van der Waals surface area contributed by atoms with E-state index in [2.05, 4.69) is 21.2 Å². The van der Waals surface area contributed by atoms with Crippen molar-refractivity contribution >= 4 is 34.1 Å². The monoisotopic (exact) mass is 408 g/mol. The van der Waals surface area contributed by atoms with Crippen molar-refractivity contribution in [2.24, 2.45) is 0 Å².